The van der Waals surface area contributed by atoms with Crippen molar-refractivity contribution in [1.82, 2.24) is 0 Å². The molecule has 6 rings (SSSR count). The molecule has 2 amide bonds. The molecule has 20 heteroatoms. The fourth-order valence-corrected chi connectivity index (χ4v) is 6.62. The smallest absolute Gasteiger partial charge is 0.458 e. The maximum atomic E-state index is 16.0. The Balaban J connectivity index is 1.94. The zero-order valence-corrected chi connectivity index (χ0v) is 25.5. The molecule has 4 aromatic carbocycles. The second kappa shape index (κ2) is 13.1. The molecule has 274 valence electrons. The molecule has 1 fully saturated rings. The van der Waals surface area contributed by atoms with E-state index >= 15 is 43.9 Å². The number of urea groups is 1. The lowest BCUT2D eigenvalue weighted by Gasteiger charge is -2.50. The number of hydrogen-bond donors (Lipinski definition) is 0. The summed E-state index contributed by atoms with van der Waals surface area (Å²) in [6, 6.07) is 1.34. The van der Waals surface area contributed by atoms with Crippen LogP contribution < -0.4 is 15.7 Å². The SMILES string of the molecule is O=C1N(c2ccccc2)[B-](c2c(F)c(F)c(F)c(F)c2F)(c2c(F)c(F)c(F)c(F)c2F)OC(c2c(F)c(F)c(F)c(F)c2F)=[N+]1C1CCCCC1. The average molecular weight is 756 g/mol. The van der Waals surface area contributed by atoms with Crippen molar-refractivity contribution in [3.8, 4) is 0 Å². The number of rotatable bonds is 5. The highest BCUT2D eigenvalue weighted by Crippen LogP contribution is 2.37. The number of hydrogen-bond acceptors (Lipinski definition) is 2. The molecule has 4 aromatic rings. The van der Waals surface area contributed by atoms with Gasteiger partial charge >= 0.3 is 12.5 Å². The van der Waals surface area contributed by atoms with Crippen molar-refractivity contribution in [2.24, 2.45) is 0 Å². The van der Waals surface area contributed by atoms with Gasteiger partial charge in [-0.15, -0.1) is 0 Å². The van der Waals surface area contributed by atoms with E-state index in [4.69, 9.17) is 4.65 Å². The predicted molar refractivity (Wildman–Crippen MR) is 150 cm³/mol. The minimum Gasteiger partial charge on any atom is -0.640 e. The minimum absolute atomic E-state index is 0.155. The van der Waals surface area contributed by atoms with Crippen molar-refractivity contribution >= 4 is 35.0 Å². The molecule has 2 aliphatic rings. The molecule has 1 aliphatic carbocycles. The molecular formula is C32H16BF15N2O2. The molecule has 0 spiro atoms. The van der Waals surface area contributed by atoms with Crippen LogP contribution in [0.2, 0.25) is 0 Å². The number of benzene rings is 4. The Morgan fingerprint density at radius 3 is 1.29 bits per heavy atom. The largest absolute Gasteiger partial charge is 0.640 e. The van der Waals surface area contributed by atoms with Crippen molar-refractivity contribution < 1.29 is 79.9 Å². The third-order valence-electron chi connectivity index (χ3n) is 8.94. The van der Waals surface area contributed by atoms with Gasteiger partial charge in [0.1, 0.15) is 34.9 Å². The van der Waals surface area contributed by atoms with Gasteiger partial charge in [-0.25, -0.2) is 70.7 Å². The number of anilines is 1. The monoisotopic (exact) mass is 756 g/mol. The Morgan fingerprint density at radius 1 is 0.519 bits per heavy atom. The average Bonchev–Trinajstić information content (AvgIpc) is 3.14. The first-order chi connectivity index (χ1) is 24.5. The quantitative estimate of drug-likeness (QED) is 0.0686. The molecule has 0 saturated heterocycles. The Bertz CT molecular complexity index is 2050. The van der Waals surface area contributed by atoms with E-state index in [0.29, 0.717) is 6.42 Å². The highest BCUT2D eigenvalue weighted by molar-refractivity contribution is 7.03. The van der Waals surface area contributed by atoms with E-state index < -0.39 is 134 Å². The van der Waals surface area contributed by atoms with Gasteiger partial charge < -0.3 is 9.47 Å². The van der Waals surface area contributed by atoms with Gasteiger partial charge in [-0.2, -0.15) is 4.58 Å². The fourth-order valence-electron chi connectivity index (χ4n) is 6.62. The molecule has 0 unspecified atom stereocenters. The van der Waals surface area contributed by atoms with Crippen molar-refractivity contribution in [3.05, 3.63) is 123 Å². The highest BCUT2D eigenvalue weighted by Gasteiger charge is 2.62. The van der Waals surface area contributed by atoms with Crippen LogP contribution in [0.15, 0.2) is 30.3 Å². The van der Waals surface area contributed by atoms with Gasteiger partial charge in [0.05, 0.1) is 5.69 Å². The summed E-state index contributed by atoms with van der Waals surface area (Å²) in [4.78, 5) is 14.5. The van der Waals surface area contributed by atoms with Crippen LogP contribution in [0.1, 0.15) is 37.7 Å². The van der Waals surface area contributed by atoms with Gasteiger partial charge in [-0.3, -0.25) is 0 Å². The summed E-state index contributed by atoms with van der Waals surface area (Å²) in [6.07, 6.45) is 0.470. The molecule has 1 saturated carbocycles. The summed E-state index contributed by atoms with van der Waals surface area (Å²) >= 11 is 0. The molecule has 0 atom stereocenters. The van der Waals surface area contributed by atoms with Gasteiger partial charge in [0.25, 0.3) is 5.90 Å². The lowest BCUT2D eigenvalue weighted by Crippen LogP contribution is -2.81. The maximum Gasteiger partial charge on any atom is 0.458 e. The van der Waals surface area contributed by atoms with Crippen LogP contribution in [0, 0.1) is 87.3 Å². The van der Waals surface area contributed by atoms with Crippen LogP contribution in [-0.2, 0) is 4.65 Å². The van der Waals surface area contributed by atoms with Gasteiger partial charge in [0.2, 0.25) is 5.82 Å². The Kier molecular flexibility index (Phi) is 9.23. The molecule has 0 bridgehead atoms. The second-order valence-corrected chi connectivity index (χ2v) is 11.7. The second-order valence-electron chi connectivity index (χ2n) is 11.7. The lowest BCUT2D eigenvalue weighted by atomic mass is 9.38. The first-order valence-electron chi connectivity index (χ1n) is 14.9. The standard InChI is InChI=1S/C32H16BF15N2O2/c34-16-13(17(35)23(41)28(46)22(16)40)31-49(11-7-3-1-4-8-11)32(51)50(12-9-5-2-6-10-12)33(52-31,14-18(36)24(42)29(47)25(43)19(14)37)15-20(38)26(44)30(48)27(45)21(15)39/h2,5-6,9-11H,1,3-4,7-8H2. The van der Waals surface area contributed by atoms with E-state index in [2.05, 4.69) is 0 Å². The Labute approximate surface area is 281 Å². The third kappa shape index (κ3) is 5.11. The van der Waals surface area contributed by atoms with Crippen LogP contribution >= 0.6 is 0 Å². The summed E-state index contributed by atoms with van der Waals surface area (Å²) in [7, 11) is 0. The molecule has 52 heavy (non-hydrogen) atoms. The van der Waals surface area contributed by atoms with Crippen LogP contribution in [0.25, 0.3) is 0 Å². The van der Waals surface area contributed by atoms with Crippen molar-refractivity contribution in [1.29, 1.82) is 0 Å². The normalized spacial score (nSPS) is 16.5. The van der Waals surface area contributed by atoms with Crippen LogP contribution in [0.5, 0.6) is 0 Å². The molecule has 4 nitrogen and oxygen atoms in total. The summed E-state index contributed by atoms with van der Waals surface area (Å²) in [6.45, 7) is -5.87. The van der Waals surface area contributed by atoms with Crippen LogP contribution in [0.3, 0.4) is 0 Å². The molecule has 1 heterocycles. The Hall–Kier alpha value is -5.17. The van der Waals surface area contributed by atoms with Crippen molar-refractivity contribution in [2.75, 3.05) is 4.81 Å². The summed E-state index contributed by atoms with van der Waals surface area (Å²) in [5.41, 5.74) is -8.41. The maximum absolute atomic E-state index is 16.0. The van der Waals surface area contributed by atoms with Gasteiger partial charge in [0, 0.05) is 0 Å². The van der Waals surface area contributed by atoms with E-state index in [1.807, 2.05) is 0 Å². The first kappa shape index (κ1) is 36.6. The number of carbonyl (C=O) groups is 1. The van der Waals surface area contributed by atoms with Gasteiger partial charge in [0.15, 0.2) is 58.2 Å². The summed E-state index contributed by atoms with van der Waals surface area (Å²) in [5.74, 6) is -46.0. The predicted octanol–water partition coefficient (Wildman–Crippen LogP) is 7.78. The number of carbonyl (C=O) groups excluding carboxylic acids is 1. The molecule has 0 aromatic heterocycles. The fraction of sp³-hybridized carbons (Fsp3) is 0.188. The van der Waals surface area contributed by atoms with Crippen molar-refractivity contribution in [3.63, 3.8) is 0 Å². The lowest BCUT2D eigenvalue weighted by molar-refractivity contribution is -0.483. The van der Waals surface area contributed by atoms with E-state index in [1.54, 1.807) is 0 Å². The van der Waals surface area contributed by atoms with E-state index in [0.717, 1.165) is 24.3 Å². The molecule has 0 N–H and O–H groups in total. The molecule has 1 aliphatic heterocycles. The third-order valence-corrected chi connectivity index (χ3v) is 8.94. The van der Waals surface area contributed by atoms with Crippen molar-refractivity contribution in [2.45, 2.75) is 38.1 Å². The van der Waals surface area contributed by atoms with E-state index in [1.165, 1.54) is 6.07 Å². The number of nitrogens with zero attached hydrogens (tertiary/aromatic N) is 2. The Morgan fingerprint density at radius 2 is 0.885 bits per heavy atom. The van der Waals surface area contributed by atoms with Gasteiger partial charge in [-0.05, 0) is 48.7 Å². The van der Waals surface area contributed by atoms with E-state index in [-0.39, 0.29) is 35.1 Å². The molecular weight excluding hydrogens is 740 g/mol. The van der Waals surface area contributed by atoms with Crippen LogP contribution in [0.4, 0.5) is 76.3 Å². The summed E-state index contributed by atoms with van der Waals surface area (Å²) in [5, 5.41) is 0. The van der Waals surface area contributed by atoms with Crippen LogP contribution in [-0.4, -0.2) is 29.0 Å². The first-order valence-corrected chi connectivity index (χ1v) is 14.9. The van der Waals surface area contributed by atoms with E-state index in [9.17, 15) is 26.7 Å². The topological polar surface area (TPSA) is 32.6 Å². The van der Waals surface area contributed by atoms with Gasteiger partial charge in [-0.1, -0.05) is 24.6 Å². The zero-order valence-electron chi connectivity index (χ0n) is 25.5. The zero-order chi connectivity index (χ0) is 38.1. The highest BCUT2D eigenvalue weighted by atomic mass is 19.2. The number of halogens is 15. The number of amides is 2. The number of para-hydroxylation sites is 1. The molecule has 0 radical (unpaired) electrons. The minimum atomic E-state index is -5.87. The summed E-state index contributed by atoms with van der Waals surface area (Å²) < 4.78 is 233.